The molecule has 1 aliphatic rings. The number of nitrogens with zero attached hydrogens (tertiary/aromatic N) is 2. The lowest BCUT2D eigenvalue weighted by molar-refractivity contribution is 0.0511. The van der Waals surface area contributed by atoms with Crippen LogP contribution in [0.5, 0.6) is 0 Å². The van der Waals surface area contributed by atoms with E-state index in [1.54, 1.807) is 0 Å². The topological polar surface area (TPSA) is 95.6 Å². The number of nitrogens with one attached hydrogen (secondary N) is 1. The molecule has 1 fully saturated rings. The Labute approximate surface area is 241 Å². The van der Waals surface area contributed by atoms with Gasteiger partial charge in [-0.15, -0.1) is 0 Å². The van der Waals surface area contributed by atoms with Crippen molar-refractivity contribution >= 4 is 28.7 Å². The van der Waals surface area contributed by atoms with Gasteiger partial charge in [-0.1, -0.05) is 32.0 Å². The van der Waals surface area contributed by atoms with Gasteiger partial charge in [0.2, 0.25) is 0 Å². The highest BCUT2D eigenvalue weighted by Crippen LogP contribution is 2.42. The van der Waals surface area contributed by atoms with Crippen LogP contribution in [0.25, 0.3) is 22.3 Å². The number of aromatic nitrogens is 2. The molecule has 0 aliphatic heterocycles. The molecule has 5 rings (SSSR count). The number of anilines is 1. The van der Waals surface area contributed by atoms with E-state index in [4.69, 9.17) is 18.9 Å². The van der Waals surface area contributed by atoms with E-state index in [-0.39, 0.29) is 5.97 Å². The second-order valence-electron chi connectivity index (χ2n) is 11.5. The van der Waals surface area contributed by atoms with Crippen LogP contribution in [0.1, 0.15) is 93.4 Å². The van der Waals surface area contributed by atoms with Gasteiger partial charge in [0, 0.05) is 35.4 Å². The minimum Gasteiger partial charge on any atom is -0.461 e. The first-order chi connectivity index (χ1) is 19.6. The van der Waals surface area contributed by atoms with Crippen molar-refractivity contribution in [2.75, 3.05) is 11.9 Å². The van der Waals surface area contributed by atoms with Gasteiger partial charge >= 0.3 is 12.1 Å². The fourth-order valence-electron chi connectivity index (χ4n) is 5.26. The molecular formula is C33H39N3O5. The summed E-state index contributed by atoms with van der Waals surface area (Å²) in [6.07, 6.45) is 3.05. The SMILES string of the molecule is CCOC(=O)c1c(C2CC2)nc(CC)n1Cc1ccc2oc(-c3ccccc3NC(=O)OC(C)(C)C)c(CC)c2c1. The molecule has 0 atom stereocenters. The summed E-state index contributed by atoms with van der Waals surface area (Å²) in [7, 11) is 0. The minimum absolute atomic E-state index is 0.309. The highest BCUT2D eigenvalue weighted by Gasteiger charge is 2.34. The standard InChI is InChI=1S/C33H39N3O5/c1-7-22-24-18-20(19-36-27(8-2)35-28(21-15-16-21)29(36)31(37)39-9-3)14-17-26(24)40-30(22)23-12-10-11-13-25(23)34-32(38)41-33(4,5)6/h10-14,17-18,21H,7-9,15-16,19H2,1-6H3,(H,34,38). The Bertz CT molecular complexity index is 1590. The number of imidazole rings is 1. The predicted molar refractivity (Wildman–Crippen MR) is 160 cm³/mol. The maximum absolute atomic E-state index is 13.1. The van der Waals surface area contributed by atoms with Crippen molar-refractivity contribution in [1.82, 2.24) is 9.55 Å². The summed E-state index contributed by atoms with van der Waals surface area (Å²) < 4.78 is 19.4. The smallest absolute Gasteiger partial charge is 0.412 e. The van der Waals surface area contributed by atoms with E-state index < -0.39 is 11.7 Å². The first-order valence-corrected chi connectivity index (χ1v) is 14.5. The first kappa shape index (κ1) is 28.5. The summed E-state index contributed by atoms with van der Waals surface area (Å²) in [4.78, 5) is 30.5. The number of amides is 1. The number of carbonyl (C=O) groups excluding carboxylic acids is 2. The van der Waals surface area contributed by atoms with Crippen LogP contribution in [0.3, 0.4) is 0 Å². The highest BCUT2D eigenvalue weighted by molar-refractivity contribution is 5.95. The van der Waals surface area contributed by atoms with Gasteiger partial charge in [0.05, 0.1) is 18.0 Å². The van der Waals surface area contributed by atoms with Crippen LogP contribution < -0.4 is 5.32 Å². The Morgan fingerprint density at radius 1 is 1.07 bits per heavy atom. The molecule has 1 saturated carbocycles. The van der Waals surface area contributed by atoms with E-state index in [1.165, 1.54) is 0 Å². The molecular weight excluding hydrogens is 518 g/mol. The quantitative estimate of drug-likeness (QED) is 0.210. The normalized spacial score (nSPS) is 13.4. The number of rotatable bonds is 9. The van der Waals surface area contributed by atoms with Crippen molar-refractivity contribution in [2.45, 2.75) is 85.3 Å². The van der Waals surface area contributed by atoms with Gasteiger partial charge in [0.15, 0.2) is 5.69 Å². The summed E-state index contributed by atoms with van der Waals surface area (Å²) in [5, 5.41) is 3.89. The lowest BCUT2D eigenvalue weighted by Crippen LogP contribution is -2.27. The predicted octanol–water partition coefficient (Wildman–Crippen LogP) is 7.87. The Balaban J connectivity index is 1.53. The summed E-state index contributed by atoms with van der Waals surface area (Å²) in [5.74, 6) is 1.63. The number of hydrogen-bond acceptors (Lipinski definition) is 6. The molecule has 2 aromatic carbocycles. The molecule has 2 heterocycles. The van der Waals surface area contributed by atoms with Crippen molar-refractivity contribution in [1.29, 1.82) is 0 Å². The fraction of sp³-hybridized carbons (Fsp3) is 0.424. The number of benzene rings is 2. The third-order valence-electron chi connectivity index (χ3n) is 7.18. The van der Waals surface area contributed by atoms with E-state index in [2.05, 4.69) is 25.2 Å². The maximum Gasteiger partial charge on any atom is 0.412 e. The van der Waals surface area contributed by atoms with Gasteiger partial charge in [-0.3, -0.25) is 5.32 Å². The zero-order valence-electron chi connectivity index (χ0n) is 24.8. The molecule has 216 valence electrons. The third-order valence-corrected chi connectivity index (χ3v) is 7.18. The number of hydrogen-bond donors (Lipinski definition) is 1. The Hall–Kier alpha value is -4.07. The average molecular weight is 558 g/mol. The number of furan rings is 1. The van der Waals surface area contributed by atoms with Gasteiger partial charge in [-0.2, -0.15) is 0 Å². The molecule has 0 bridgehead atoms. The fourth-order valence-corrected chi connectivity index (χ4v) is 5.26. The summed E-state index contributed by atoms with van der Waals surface area (Å²) >= 11 is 0. The molecule has 4 aromatic rings. The molecule has 2 aromatic heterocycles. The largest absolute Gasteiger partial charge is 0.461 e. The molecule has 41 heavy (non-hydrogen) atoms. The minimum atomic E-state index is -0.608. The van der Waals surface area contributed by atoms with Gasteiger partial charge in [0.25, 0.3) is 0 Å². The molecule has 8 heteroatoms. The summed E-state index contributed by atoms with van der Waals surface area (Å²) in [6.45, 7) is 12.3. The van der Waals surface area contributed by atoms with E-state index >= 15 is 0 Å². The second kappa shape index (κ2) is 11.4. The van der Waals surface area contributed by atoms with Crippen molar-refractivity contribution in [3.8, 4) is 11.3 Å². The molecule has 0 radical (unpaired) electrons. The van der Waals surface area contributed by atoms with E-state index in [9.17, 15) is 9.59 Å². The summed E-state index contributed by atoms with van der Waals surface area (Å²) in [5.41, 5.74) is 5.10. The molecule has 0 saturated heterocycles. The van der Waals surface area contributed by atoms with E-state index in [1.807, 2.05) is 68.7 Å². The number of aryl methyl sites for hydroxylation is 2. The van der Waals surface area contributed by atoms with Gasteiger partial charge in [-0.05, 0) is 76.8 Å². The van der Waals surface area contributed by atoms with Crippen LogP contribution >= 0.6 is 0 Å². The van der Waals surface area contributed by atoms with E-state index in [0.717, 1.165) is 64.9 Å². The average Bonchev–Trinajstić information content (AvgIpc) is 3.61. The zero-order chi connectivity index (χ0) is 29.3. The van der Waals surface area contributed by atoms with Crippen LogP contribution in [0.15, 0.2) is 46.9 Å². The third kappa shape index (κ3) is 6.01. The lowest BCUT2D eigenvalue weighted by Gasteiger charge is -2.20. The maximum atomic E-state index is 13.1. The molecule has 1 amide bonds. The van der Waals surface area contributed by atoms with Crippen LogP contribution in [0.4, 0.5) is 10.5 Å². The molecule has 0 unspecified atom stereocenters. The van der Waals surface area contributed by atoms with Crippen LogP contribution in [-0.4, -0.2) is 33.8 Å². The number of ether oxygens (including phenoxy) is 2. The Morgan fingerprint density at radius 2 is 1.83 bits per heavy atom. The van der Waals surface area contributed by atoms with Gasteiger partial charge in [-0.25, -0.2) is 14.6 Å². The molecule has 1 aliphatic carbocycles. The molecule has 1 N–H and O–H groups in total. The van der Waals surface area contributed by atoms with Crippen LogP contribution in [-0.2, 0) is 28.9 Å². The van der Waals surface area contributed by atoms with Crippen molar-refractivity contribution in [2.24, 2.45) is 0 Å². The van der Waals surface area contributed by atoms with Crippen LogP contribution in [0, 0.1) is 0 Å². The second-order valence-corrected chi connectivity index (χ2v) is 11.5. The number of carbonyl (C=O) groups is 2. The Morgan fingerprint density at radius 3 is 2.49 bits per heavy atom. The Kier molecular flexibility index (Phi) is 7.93. The van der Waals surface area contributed by atoms with Crippen LogP contribution in [0.2, 0.25) is 0 Å². The van der Waals surface area contributed by atoms with Gasteiger partial charge in [0.1, 0.15) is 22.8 Å². The van der Waals surface area contributed by atoms with Crippen molar-refractivity contribution in [3.05, 3.63) is 70.8 Å². The zero-order valence-corrected chi connectivity index (χ0v) is 24.8. The number of para-hydroxylation sites is 1. The van der Waals surface area contributed by atoms with Crippen molar-refractivity contribution in [3.63, 3.8) is 0 Å². The lowest BCUT2D eigenvalue weighted by atomic mass is 10.0. The van der Waals surface area contributed by atoms with Crippen molar-refractivity contribution < 1.29 is 23.5 Å². The first-order valence-electron chi connectivity index (χ1n) is 14.5. The molecule has 8 nitrogen and oxygen atoms in total. The number of esters is 1. The van der Waals surface area contributed by atoms with E-state index in [0.29, 0.717) is 36.2 Å². The number of fused-ring (bicyclic) bond motifs is 1. The molecule has 0 spiro atoms. The van der Waals surface area contributed by atoms with Gasteiger partial charge < -0.3 is 18.5 Å². The summed E-state index contributed by atoms with van der Waals surface area (Å²) in [6, 6.07) is 13.7. The monoisotopic (exact) mass is 557 g/mol. The highest BCUT2D eigenvalue weighted by atomic mass is 16.6.